The van der Waals surface area contributed by atoms with Crippen molar-refractivity contribution in [2.45, 2.75) is 22.9 Å². The van der Waals surface area contributed by atoms with Gasteiger partial charge in [-0.15, -0.1) is 10.2 Å². The van der Waals surface area contributed by atoms with Crippen LogP contribution in [0.2, 0.25) is 10.0 Å². The lowest BCUT2D eigenvalue weighted by atomic mass is 9.99. The molecule has 0 radical (unpaired) electrons. The van der Waals surface area contributed by atoms with E-state index in [9.17, 15) is 13.2 Å². The fourth-order valence-electron chi connectivity index (χ4n) is 2.90. The molecule has 0 saturated carbocycles. The van der Waals surface area contributed by atoms with E-state index >= 15 is 0 Å². The number of hydrogen-bond acceptors (Lipinski definition) is 7. The average molecular weight is 481 g/mol. The first-order valence-electron chi connectivity index (χ1n) is 8.39. The highest BCUT2D eigenvalue weighted by Gasteiger charge is 2.33. The standard InChI is InChI=1S/C16H18Cl2N4O3S3/c1-26-16-21-20-15(27-16)19-14(23)10-4-3-7-22(8-10)28(24,25)9-11-12(17)5-2-6-13(11)18/h2,5-6,10H,3-4,7-9H2,1H3,(H,19,20,23). The number of amides is 1. The Kier molecular flexibility index (Phi) is 7.21. The van der Waals surface area contributed by atoms with Crippen LogP contribution in [0.25, 0.3) is 0 Å². The molecule has 0 spiro atoms. The number of halogens is 2. The van der Waals surface area contributed by atoms with E-state index in [0.29, 0.717) is 40.1 Å². The molecule has 2 aromatic rings. The first kappa shape index (κ1) is 21.8. The van der Waals surface area contributed by atoms with E-state index in [1.165, 1.54) is 27.4 Å². The highest BCUT2D eigenvalue weighted by atomic mass is 35.5. The summed E-state index contributed by atoms with van der Waals surface area (Å²) in [5, 5.41) is 11.6. The Bertz CT molecular complexity index is 948. The van der Waals surface area contributed by atoms with Gasteiger partial charge in [-0.1, -0.05) is 52.4 Å². The van der Waals surface area contributed by atoms with Gasteiger partial charge in [0, 0.05) is 28.7 Å². The molecule has 1 saturated heterocycles. The van der Waals surface area contributed by atoms with Crippen molar-refractivity contribution in [1.29, 1.82) is 0 Å². The van der Waals surface area contributed by atoms with E-state index in [4.69, 9.17) is 23.2 Å². The average Bonchev–Trinajstić information content (AvgIpc) is 3.12. The summed E-state index contributed by atoms with van der Waals surface area (Å²) in [6.45, 7) is 0.480. The van der Waals surface area contributed by atoms with Crippen molar-refractivity contribution >= 4 is 67.4 Å². The second kappa shape index (κ2) is 9.27. The van der Waals surface area contributed by atoms with E-state index in [1.54, 1.807) is 18.2 Å². The van der Waals surface area contributed by atoms with Gasteiger partial charge in [0.25, 0.3) is 0 Å². The van der Waals surface area contributed by atoms with Crippen molar-refractivity contribution in [1.82, 2.24) is 14.5 Å². The van der Waals surface area contributed by atoms with E-state index in [0.717, 1.165) is 4.34 Å². The van der Waals surface area contributed by atoms with Gasteiger partial charge >= 0.3 is 0 Å². The van der Waals surface area contributed by atoms with Gasteiger partial charge in [-0.3, -0.25) is 4.79 Å². The zero-order chi connectivity index (χ0) is 20.3. The molecule has 1 amide bonds. The van der Waals surface area contributed by atoms with Crippen LogP contribution in [-0.4, -0.2) is 48.2 Å². The van der Waals surface area contributed by atoms with E-state index in [2.05, 4.69) is 15.5 Å². The third-order valence-electron chi connectivity index (χ3n) is 4.35. The molecule has 2 heterocycles. The topological polar surface area (TPSA) is 92.3 Å². The van der Waals surface area contributed by atoms with Crippen molar-refractivity contribution in [3.63, 3.8) is 0 Å². The maximum absolute atomic E-state index is 12.9. The molecule has 1 aromatic heterocycles. The van der Waals surface area contributed by atoms with Crippen LogP contribution in [-0.2, 0) is 20.6 Å². The lowest BCUT2D eigenvalue weighted by Gasteiger charge is -2.31. The van der Waals surface area contributed by atoms with Gasteiger partial charge in [-0.2, -0.15) is 0 Å². The van der Waals surface area contributed by atoms with Crippen molar-refractivity contribution in [3.05, 3.63) is 33.8 Å². The van der Waals surface area contributed by atoms with Crippen LogP contribution in [0, 0.1) is 5.92 Å². The molecule has 1 aromatic carbocycles. The number of benzene rings is 1. The van der Waals surface area contributed by atoms with Crippen molar-refractivity contribution in [3.8, 4) is 0 Å². The number of nitrogens with one attached hydrogen (secondary N) is 1. The lowest BCUT2D eigenvalue weighted by Crippen LogP contribution is -2.44. The van der Waals surface area contributed by atoms with Crippen molar-refractivity contribution < 1.29 is 13.2 Å². The van der Waals surface area contributed by atoms with Crippen LogP contribution in [0.3, 0.4) is 0 Å². The first-order valence-corrected chi connectivity index (χ1v) is 12.8. The van der Waals surface area contributed by atoms with Gasteiger partial charge in [0.1, 0.15) is 0 Å². The zero-order valence-corrected chi connectivity index (χ0v) is 18.9. The molecule has 3 rings (SSSR count). The summed E-state index contributed by atoms with van der Waals surface area (Å²) >= 11 is 15.0. The van der Waals surface area contributed by atoms with Gasteiger partial charge in [0.05, 0.1) is 11.7 Å². The quantitative estimate of drug-likeness (QED) is 0.499. The zero-order valence-electron chi connectivity index (χ0n) is 14.9. The largest absolute Gasteiger partial charge is 0.300 e. The second-order valence-corrected chi connectivity index (χ2v) is 11.0. The number of sulfonamides is 1. The Morgan fingerprint density at radius 1 is 1.36 bits per heavy atom. The molecule has 1 unspecified atom stereocenters. The Morgan fingerprint density at radius 2 is 2.07 bits per heavy atom. The molecule has 1 fully saturated rings. The molecule has 1 aliphatic rings. The predicted octanol–water partition coefficient (Wildman–Crippen LogP) is 3.75. The summed E-state index contributed by atoms with van der Waals surface area (Å²) in [6, 6.07) is 4.88. The third-order valence-corrected chi connectivity index (χ3v) is 8.64. The Balaban J connectivity index is 1.68. The number of hydrogen-bond donors (Lipinski definition) is 1. The monoisotopic (exact) mass is 480 g/mol. The van der Waals surface area contributed by atoms with E-state index < -0.39 is 15.9 Å². The smallest absolute Gasteiger partial charge is 0.230 e. The molecule has 1 N–H and O–H groups in total. The molecule has 0 bridgehead atoms. The van der Waals surface area contributed by atoms with Gasteiger partial charge in [0.15, 0.2) is 4.34 Å². The molecule has 7 nitrogen and oxygen atoms in total. The second-order valence-electron chi connectivity index (χ2n) is 6.22. The maximum Gasteiger partial charge on any atom is 0.230 e. The van der Waals surface area contributed by atoms with Crippen LogP contribution in [0.1, 0.15) is 18.4 Å². The van der Waals surface area contributed by atoms with Gasteiger partial charge in [0.2, 0.25) is 21.1 Å². The van der Waals surface area contributed by atoms with Crippen LogP contribution < -0.4 is 5.32 Å². The Labute approximate surface area is 181 Å². The molecule has 12 heteroatoms. The minimum absolute atomic E-state index is 0.116. The van der Waals surface area contributed by atoms with E-state index in [-0.39, 0.29) is 18.2 Å². The normalized spacial score (nSPS) is 18.2. The van der Waals surface area contributed by atoms with Crippen molar-refractivity contribution in [2.75, 3.05) is 24.7 Å². The van der Waals surface area contributed by atoms with Crippen LogP contribution in [0.4, 0.5) is 5.13 Å². The third kappa shape index (κ3) is 5.17. The summed E-state index contributed by atoms with van der Waals surface area (Å²) in [7, 11) is -3.66. The Hall–Kier alpha value is -0.910. The highest BCUT2D eigenvalue weighted by molar-refractivity contribution is 8.00. The number of carbonyl (C=O) groups excluding carboxylic acids is 1. The highest BCUT2D eigenvalue weighted by Crippen LogP contribution is 2.29. The molecule has 152 valence electrons. The van der Waals surface area contributed by atoms with Crippen LogP contribution in [0.15, 0.2) is 22.5 Å². The molecular formula is C16H18Cl2N4O3S3. The molecular weight excluding hydrogens is 463 g/mol. The van der Waals surface area contributed by atoms with Crippen LogP contribution >= 0.6 is 46.3 Å². The van der Waals surface area contributed by atoms with Crippen LogP contribution in [0.5, 0.6) is 0 Å². The molecule has 1 aliphatic heterocycles. The summed E-state index contributed by atoms with van der Waals surface area (Å²) in [5.74, 6) is -1.00. The fraction of sp³-hybridized carbons (Fsp3) is 0.438. The molecule has 1 atom stereocenters. The maximum atomic E-state index is 12.9. The van der Waals surface area contributed by atoms with E-state index in [1.807, 2.05) is 6.26 Å². The number of nitrogens with zero attached hydrogens (tertiary/aromatic N) is 3. The fourth-order valence-corrected chi connectivity index (χ4v) is 6.44. The summed E-state index contributed by atoms with van der Waals surface area (Å²) < 4.78 is 27.9. The SMILES string of the molecule is CSc1nnc(NC(=O)C2CCCN(S(=O)(=O)Cc3c(Cl)cccc3Cl)C2)s1. The minimum atomic E-state index is -3.66. The Morgan fingerprint density at radius 3 is 2.71 bits per heavy atom. The molecule has 28 heavy (non-hydrogen) atoms. The number of thioether (sulfide) groups is 1. The number of piperidine rings is 1. The number of anilines is 1. The summed E-state index contributed by atoms with van der Waals surface area (Å²) in [4.78, 5) is 12.6. The van der Waals surface area contributed by atoms with Gasteiger partial charge in [-0.05, 0) is 31.2 Å². The number of rotatable bonds is 6. The summed E-state index contributed by atoms with van der Waals surface area (Å²) in [6.07, 6.45) is 3.08. The van der Waals surface area contributed by atoms with Crippen molar-refractivity contribution in [2.24, 2.45) is 5.92 Å². The summed E-state index contributed by atoms with van der Waals surface area (Å²) in [5.41, 5.74) is 0.371. The minimum Gasteiger partial charge on any atom is -0.300 e. The first-order chi connectivity index (χ1) is 13.3. The number of aromatic nitrogens is 2. The lowest BCUT2D eigenvalue weighted by molar-refractivity contribution is -0.120. The predicted molar refractivity (Wildman–Crippen MR) is 114 cm³/mol. The van der Waals surface area contributed by atoms with Gasteiger partial charge in [-0.25, -0.2) is 12.7 Å². The molecule has 0 aliphatic carbocycles. The van der Waals surface area contributed by atoms with Gasteiger partial charge < -0.3 is 5.32 Å². The number of carbonyl (C=O) groups is 1.